The molecule has 0 saturated carbocycles. The molecule has 0 spiro atoms. The lowest BCUT2D eigenvalue weighted by molar-refractivity contribution is -0.439. The molecule has 2 atom stereocenters. The monoisotopic (exact) mass is 360 g/mol. The topological polar surface area (TPSA) is 80.5 Å². The van der Waals surface area contributed by atoms with Crippen molar-refractivity contribution in [3.63, 3.8) is 0 Å². The van der Waals surface area contributed by atoms with Crippen molar-refractivity contribution in [3.8, 4) is 0 Å². The lowest BCUT2D eigenvalue weighted by atomic mass is 9.97. The van der Waals surface area contributed by atoms with Crippen molar-refractivity contribution in [2.45, 2.75) is 40.0 Å². The van der Waals surface area contributed by atoms with Crippen LogP contribution in [0.1, 0.15) is 32.1 Å². The number of rotatable bonds is 7. The molecule has 23 heavy (non-hydrogen) atoms. The van der Waals surface area contributed by atoms with Gasteiger partial charge in [-0.25, -0.2) is 4.98 Å². The van der Waals surface area contributed by atoms with Gasteiger partial charge < -0.3 is 15.0 Å². The van der Waals surface area contributed by atoms with Gasteiger partial charge in [0.1, 0.15) is 6.23 Å². The Hall–Kier alpha value is -1.38. The van der Waals surface area contributed by atoms with Crippen molar-refractivity contribution in [1.82, 2.24) is 15.2 Å². The first kappa shape index (κ1) is 18.0. The largest absolute Gasteiger partial charge is 0.361 e. The first-order valence-corrected chi connectivity index (χ1v) is 8.78. The summed E-state index contributed by atoms with van der Waals surface area (Å²) in [5, 5.41) is 14.7. The number of nitro groups is 1. The lowest BCUT2D eigenvalue weighted by Crippen LogP contribution is -2.47. The van der Waals surface area contributed by atoms with Crippen LogP contribution < -0.4 is 5.32 Å². The molecule has 1 aromatic heterocycles. The number of ether oxygens (including phenoxy) is 1. The van der Waals surface area contributed by atoms with Crippen LogP contribution in [0.25, 0.3) is 0 Å². The minimum atomic E-state index is -0.294. The Morgan fingerprint density at radius 1 is 1.61 bits per heavy atom. The van der Waals surface area contributed by atoms with E-state index in [1.807, 2.05) is 25.7 Å². The van der Waals surface area contributed by atoms with E-state index < -0.39 is 0 Å². The fourth-order valence-corrected chi connectivity index (χ4v) is 3.69. The molecule has 0 fully saturated rings. The summed E-state index contributed by atoms with van der Waals surface area (Å²) in [7, 11) is 0. The van der Waals surface area contributed by atoms with Gasteiger partial charge in [0.25, 0.3) is 5.70 Å². The number of hydrogen-bond acceptors (Lipinski definition) is 7. The molecule has 9 heteroatoms. The van der Waals surface area contributed by atoms with E-state index in [0.29, 0.717) is 36.4 Å². The molecule has 0 radical (unpaired) electrons. The number of aromatic nitrogens is 1. The number of hydrogen-bond donors (Lipinski definition) is 1. The second-order valence-electron chi connectivity index (χ2n) is 5.26. The van der Waals surface area contributed by atoms with E-state index in [9.17, 15) is 10.1 Å². The third-order valence-electron chi connectivity index (χ3n) is 3.75. The standard InChI is InChI=1S/C14H21ClN4O3S/c1-4-18-11(22-5-2)6-9(3)12(19(20)21)13(18)16-7-10-8-17-14(15)23-10/h8-9,11,16H,4-7H2,1-3H3. The summed E-state index contributed by atoms with van der Waals surface area (Å²) in [6, 6.07) is 0. The van der Waals surface area contributed by atoms with Gasteiger partial charge in [0, 0.05) is 30.6 Å². The summed E-state index contributed by atoms with van der Waals surface area (Å²) >= 11 is 7.19. The van der Waals surface area contributed by atoms with Crippen LogP contribution in [0.5, 0.6) is 0 Å². The van der Waals surface area contributed by atoms with Crippen LogP contribution in [-0.4, -0.2) is 34.2 Å². The molecule has 1 aromatic rings. The minimum absolute atomic E-state index is 0.156. The zero-order valence-electron chi connectivity index (χ0n) is 13.4. The van der Waals surface area contributed by atoms with E-state index >= 15 is 0 Å². The molecule has 1 aliphatic heterocycles. The SMILES string of the molecule is CCOC1CC(C)C([N+](=O)[O-])=C(NCc2cnc(Cl)s2)N1CC. The van der Waals surface area contributed by atoms with Crippen molar-refractivity contribution in [2.75, 3.05) is 13.2 Å². The van der Waals surface area contributed by atoms with Gasteiger partial charge in [0.2, 0.25) is 0 Å². The molecule has 0 aliphatic carbocycles. The quantitative estimate of drug-likeness (QED) is 0.594. The fourth-order valence-electron chi connectivity index (χ4n) is 2.77. The Kier molecular flexibility index (Phi) is 6.20. The average molecular weight is 361 g/mol. The predicted molar refractivity (Wildman–Crippen MR) is 89.6 cm³/mol. The fraction of sp³-hybridized carbons (Fsp3) is 0.643. The highest BCUT2D eigenvalue weighted by atomic mass is 35.5. The van der Waals surface area contributed by atoms with Gasteiger partial charge in [0.05, 0.1) is 17.4 Å². The number of nitrogens with one attached hydrogen (secondary N) is 1. The predicted octanol–water partition coefficient (Wildman–Crippen LogP) is 3.06. The third-order valence-corrected chi connectivity index (χ3v) is 4.87. The van der Waals surface area contributed by atoms with Crippen LogP contribution in [0, 0.1) is 16.0 Å². The van der Waals surface area contributed by atoms with Gasteiger partial charge >= 0.3 is 0 Å². The van der Waals surface area contributed by atoms with Gasteiger partial charge in [-0.15, -0.1) is 11.3 Å². The lowest BCUT2D eigenvalue weighted by Gasteiger charge is -2.39. The first-order chi connectivity index (χ1) is 11.0. The van der Waals surface area contributed by atoms with Crippen molar-refractivity contribution >= 4 is 22.9 Å². The van der Waals surface area contributed by atoms with E-state index in [0.717, 1.165) is 4.88 Å². The van der Waals surface area contributed by atoms with E-state index in [2.05, 4.69) is 10.3 Å². The zero-order valence-corrected chi connectivity index (χ0v) is 15.0. The molecule has 0 saturated heterocycles. The maximum atomic E-state index is 11.5. The van der Waals surface area contributed by atoms with Crippen LogP contribution in [-0.2, 0) is 11.3 Å². The minimum Gasteiger partial charge on any atom is -0.361 e. The molecular weight excluding hydrogens is 340 g/mol. The van der Waals surface area contributed by atoms with Gasteiger partial charge in [-0.2, -0.15) is 0 Å². The molecule has 2 rings (SSSR count). The highest BCUT2D eigenvalue weighted by Crippen LogP contribution is 2.31. The van der Waals surface area contributed by atoms with Crippen LogP contribution in [0.15, 0.2) is 17.7 Å². The Balaban J connectivity index is 2.28. The molecule has 1 N–H and O–H groups in total. The van der Waals surface area contributed by atoms with Gasteiger partial charge in [-0.1, -0.05) is 18.5 Å². The molecule has 0 amide bonds. The zero-order chi connectivity index (χ0) is 17.0. The highest BCUT2D eigenvalue weighted by molar-refractivity contribution is 7.15. The average Bonchev–Trinajstić information content (AvgIpc) is 2.90. The molecular formula is C14H21ClN4O3S. The normalized spacial score (nSPS) is 21.7. The summed E-state index contributed by atoms with van der Waals surface area (Å²) in [5.74, 6) is 0.344. The van der Waals surface area contributed by atoms with Crippen LogP contribution in [0.4, 0.5) is 0 Å². The van der Waals surface area contributed by atoms with Crippen molar-refractivity contribution < 1.29 is 9.66 Å². The summed E-state index contributed by atoms with van der Waals surface area (Å²) in [6.07, 6.45) is 2.13. The summed E-state index contributed by atoms with van der Waals surface area (Å²) in [4.78, 5) is 18.1. The summed E-state index contributed by atoms with van der Waals surface area (Å²) in [6.45, 7) is 7.39. The highest BCUT2D eigenvalue weighted by Gasteiger charge is 2.39. The van der Waals surface area contributed by atoms with Crippen molar-refractivity contribution in [1.29, 1.82) is 0 Å². The Bertz CT molecular complexity index is 592. The summed E-state index contributed by atoms with van der Waals surface area (Å²) < 4.78 is 6.23. The van der Waals surface area contributed by atoms with E-state index in [-0.39, 0.29) is 22.8 Å². The van der Waals surface area contributed by atoms with E-state index in [4.69, 9.17) is 16.3 Å². The Morgan fingerprint density at radius 2 is 2.35 bits per heavy atom. The molecule has 0 bridgehead atoms. The summed E-state index contributed by atoms with van der Waals surface area (Å²) in [5.41, 5.74) is 0.207. The molecule has 7 nitrogen and oxygen atoms in total. The smallest absolute Gasteiger partial charge is 0.288 e. The van der Waals surface area contributed by atoms with Crippen molar-refractivity contribution in [3.05, 3.63) is 37.2 Å². The van der Waals surface area contributed by atoms with Gasteiger partial charge in [0.15, 0.2) is 10.3 Å². The second kappa shape index (κ2) is 7.94. The van der Waals surface area contributed by atoms with E-state index in [1.54, 1.807) is 6.20 Å². The molecule has 128 valence electrons. The molecule has 2 heterocycles. The van der Waals surface area contributed by atoms with Crippen LogP contribution in [0.3, 0.4) is 0 Å². The third kappa shape index (κ3) is 4.13. The van der Waals surface area contributed by atoms with Gasteiger partial charge in [-0.3, -0.25) is 10.1 Å². The number of thiazole rings is 1. The van der Waals surface area contributed by atoms with Crippen LogP contribution >= 0.6 is 22.9 Å². The van der Waals surface area contributed by atoms with Crippen molar-refractivity contribution in [2.24, 2.45) is 5.92 Å². The maximum Gasteiger partial charge on any atom is 0.288 e. The number of halogens is 1. The number of nitrogens with zero attached hydrogens (tertiary/aromatic N) is 3. The Morgan fingerprint density at radius 3 is 2.87 bits per heavy atom. The van der Waals surface area contributed by atoms with E-state index in [1.165, 1.54) is 11.3 Å². The second-order valence-corrected chi connectivity index (χ2v) is 6.95. The first-order valence-electron chi connectivity index (χ1n) is 7.58. The Labute approximate surface area is 144 Å². The molecule has 0 aromatic carbocycles. The molecule has 1 aliphatic rings. The number of allylic oxidation sites excluding steroid dienone is 1. The van der Waals surface area contributed by atoms with Gasteiger partial charge in [-0.05, 0) is 13.8 Å². The molecule has 2 unspecified atom stereocenters. The van der Waals surface area contributed by atoms with Crippen LogP contribution in [0.2, 0.25) is 4.47 Å². The maximum absolute atomic E-state index is 11.5.